The molecule has 26 heavy (non-hydrogen) atoms. The van der Waals surface area contributed by atoms with Crippen molar-refractivity contribution in [2.45, 2.75) is 91.2 Å². The molecule has 1 unspecified atom stereocenters. The van der Waals surface area contributed by atoms with Gasteiger partial charge < -0.3 is 0 Å². The molecule has 9 atom stereocenters. The summed E-state index contributed by atoms with van der Waals surface area (Å²) in [5, 5.41) is -0.0655. The normalized spacial score (nSPS) is 54.3. The van der Waals surface area contributed by atoms with Gasteiger partial charge in [-0.15, -0.1) is 0 Å². The highest BCUT2D eigenvalue weighted by Gasteiger charge is 2.62. The summed E-state index contributed by atoms with van der Waals surface area (Å²) in [7, 11) is -2.90. The van der Waals surface area contributed by atoms with E-state index in [0.29, 0.717) is 17.1 Å². The molecule has 0 aliphatic heterocycles. The first-order valence-electron chi connectivity index (χ1n) is 11.3. The molecule has 0 heterocycles. The molecule has 0 aromatic carbocycles. The predicted octanol–water partition coefficient (Wildman–Crippen LogP) is 5.71. The van der Waals surface area contributed by atoms with Crippen LogP contribution in [0.15, 0.2) is 0 Å². The Morgan fingerprint density at radius 1 is 0.923 bits per heavy atom. The summed E-state index contributed by atoms with van der Waals surface area (Å²) in [5.74, 6) is 5.10. The predicted molar refractivity (Wildman–Crippen MR) is 109 cm³/mol. The molecule has 4 aliphatic rings. The van der Waals surface area contributed by atoms with Crippen LogP contribution in [0.5, 0.6) is 0 Å². The van der Waals surface area contributed by atoms with Crippen LogP contribution in [0.2, 0.25) is 0 Å². The SMILES string of the molecule is CCS(=O)(=O)[C@H]1C[C@H]2[C@@H]3[C@@H](C)C[C@H]4C(C)CCC[C@]4(C)[C@H]3CC[C@]2(C)C1. The minimum Gasteiger partial charge on any atom is -0.229 e. The lowest BCUT2D eigenvalue weighted by Gasteiger charge is -2.63. The molecule has 4 fully saturated rings. The van der Waals surface area contributed by atoms with Gasteiger partial charge in [-0.2, -0.15) is 0 Å². The van der Waals surface area contributed by atoms with Crippen molar-refractivity contribution in [3.8, 4) is 0 Å². The van der Waals surface area contributed by atoms with Crippen molar-refractivity contribution in [2.75, 3.05) is 5.75 Å². The highest BCUT2D eigenvalue weighted by atomic mass is 32.2. The van der Waals surface area contributed by atoms with E-state index in [1.54, 1.807) is 0 Å². The Morgan fingerprint density at radius 3 is 2.35 bits per heavy atom. The van der Waals surface area contributed by atoms with E-state index in [9.17, 15) is 8.42 Å². The molecule has 4 saturated carbocycles. The molecule has 0 N–H and O–H groups in total. The van der Waals surface area contributed by atoms with Gasteiger partial charge in [-0.3, -0.25) is 0 Å². The zero-order valence-corrected chi connectivity index (χ0v) is 18.4. The molecule has 0 bridgehead atoms. The maximum Gasteiger partial charge on any atom is 0.152 e. The number of hydrogen-bond acceptors (Lipinski definition) is 2. The van der Waals surface area contributed by atoms with Gasteiger partial charge in [-0.05, 0) is 84.9 Å². The number of fused-ring (bicyclic) bond motifs is 5. The maximum absolute atomic E-state index is 12.7. The third-order valence-electron chi connectivity index (χ3n) is 10.0. The average molecular weight is 381 g/mol. The van der Waals surface area contributed by atoms with Crippen molar-refractivity contribution in [3.05, 3.63) is 0 Å². The van der Waals surface area contributed by atoms with Crippen LogP contribution in [-0.2, 0) is 9.84 Å². The van der Waals surface area contributed by atoms with Gasteiger partial charge in [0.2, 0.25) is 0 Å². The molecule has 2 nitrogen and oxygen atoms in total. The van der Waals surface area contributed by atoms with E-state index in [4.69, 9.17) is 0 Å². The molecule has 0 amide bonds. The second-order valence-electron chi connectivity index (χ2n) is 11.2. The standard InChI is InChI=1S/C23H40O2S/c1-6-26(24,25)17-13-20-21-16(3)12-19-15(2)8-7-10-23(19,5)18(21)9-11-22(20,4)14-17/h15-21H,6-14H2,1-5H3/t15?,16-,17-,18-,19-,20-,21+,22+,23+/m0/s1. The fraction of sp³-hybridized carbons (Fsp3) is 1.00. The van der Waals surface area contributed by atoms with Crippen molar-refractivity contribution in [1.29, 1.82) is 0 Å². The van der Waals surface area contributed by atoms with Crippen LogP contribution < -0.4 is 0 Å². The summed E-state index contributed by atoms with van der Waals surface area (Å²) in [6.45, 7) is 11.9. The first-order valence-corrected chi connectivity index (χ1v) is 13.1. The molecular weight excluding hydrogens is 340 g/mol. The lowest BCUT2D eigenvalue weighted by Crippen LogP contribution is -2.56. The molecule has 4 aliphatic carbocycles. The van der Waals surface area contributed by atoms with Crippen molar-refractivity contribution in [3.63, 3.8) is 0 Å². The quantitative estimate of drug-likeness (QED) is 0.614. The highest BCUT2D eigenvalue weighted by molar-refractivity contribution is 7.92. The Labute approximate surface area is 161 Å². The van der Waals surface area contributed by atoms with Crippen molar-refractivity contribution in [1.82, 2.24) is 0 Å². The molecule has 0 aromatic heterocycles. The molecule has 0 radical (unpaired) electrons. The van der Waals surface area contributed by atoms with Crippen LogP contribution in [0, 0.1) is 46.3 Å². The van der Waals surface area contributed by atoms with E-state index in [2.05, 4.69) is 27.7 Å². The number of hydrogen-bond donors (Lipinski definition) is 0. The minimum atomic E-state index is -2.90. The lowest BCUT2D eigenvalue weighted by atomic mass is 9.42. The Morgan fingerprint density at radius 2 is 1.65 bits per heavy atom. The van der Waals surface area contributed by atoms with Crippen LogP contribution in [-0.4, -0.2) is 19.4 Å². The highest BCUT2D eigenvalue weighted by Crippen LogP contribution is 2.68. The summed E-state index contributed by atoms with van der Waals surface area (Å²) in [6, 6.07) is 0. The first-order chi connectivity index (χ1) is 12.1. The topological polar surface area (TPSA) is 34.1 Å². The summed E-state index contributed by atoms with van der Waals surface area (Å²) in [4.78, 5) is 0. The summed E-state index contributed by atoms with van der Waals surface area (Å²) < 4.78 is 25.3. The van der Waals surface area contributed by atoms with Crippen molar-refractivity contribution in [2.24, 2.45) is 46.3 Å². The van der Waals surface area contributed by atoms with Gasteiger partial charge >= 0.3 is 0 Å². The van der Waals surface area contributed by atoms with Crippen LogP contribution in [0.25, 0.3) is 0 Å². The van der Waals surface area contributed by atoms with Gasteiger partial charge in [0, 0.05) is 5.75 Å². The second kappa shape index (κ2) is 6.22. The smallest absolute Gasteiger partial charge is 0.152 e. The zero-order valence-electron chi connectivity index (χ0n) is 17.6. The van der Waals surface area contributed by atoms with Gasteiger partial charge in [-0.25, -0.2) is 8.42 Å². The van der Waals surface area contributed by atoms with E-state index in [0.717, 1.165) is 42.4 Å². The zero-order chi connectivity index (χ0) is 18.9. The van der Waals surface area contributed by atoms with Gasteiger partial charge in [0.05, 0.1) is 5.25 Å². The summed E-state index contributed by atoms with van der Waals surface area (Å²) >= 11 is 0. The van der Waals surface area contributed by atoms with Crippen LogP contribution in [0.3, 0.4) is 0 Å². The molecule has 0 saturated heterocycles. The van der Waals surface area contributed by atoms with E-state index < -0.39 is 9.84 Å². The molecular formula is C23H40O2S. The molecule has 4 rings (SSSR count). The van der Waals surface area contributed by atoms with Gasteiger partial charge in [0.25, 0.3) is 0 Å². The van der Waals surface area contributed by atoms with E-state index >= 15 is 0 Å². The first kappa shape index (κ1) is 19.3. The van der Waals surface area contributed by atoms with Crippen molar-refractivity contribution < 1.29 is 8.42 Å². The third kappa shape index (κ3) is 2.65. The maximum atomic E-state index is 12.7. The molecule has 0 spiro atoms. The fourth-order valence-electron chi connectivity index (χ4n) is 8.62. The Hall–Kier alpha value is -0.0500. The van der Waals surface area contributed by atoms with Gasteiger partial charge in [0.1, 0.15) is 0 Å². The summed E-state index contributed by atoms with van der Waals surface area (Å²) in [5.41, 5.74) is 0.781. The average Bonchev–Trinajstić information content (AvgIpc) is 2.95. The largest absolute Gasteiger partial charge is 0.229 e. The van der Waals surface area contributed by atoms with Crippen LogP contribution in [0.4, 0.5) is 0 Å². The second-order valence-corrected chi connectivity index (χ2v) is 13.8. The number of rotatable bonds is 2. The van der Waals surface area contributed by atoms with E-state index in [1.165, 1.54) is 38.5 Å². The summed E-state index contributed by atoms with van der Waals surface area (Å²) in [6.07, 6.45) is 10.1. The van der Waals surface area contributed by atoms with Crippen LogP contribution in [0.1, 0.15) is 86.0 Å². The van der Waals surface area contributed by atoms with Gasteiger partial charge in [-0.1, -0.05) is 47.5 Å². The number of sulfone groups is 1. The van der Waals surface area contributed by atoms with Gasteiger partial charge in [0.15, 0.2) is 9.84 Å². The Balaban J connectivity index is 1.67. The molecule has 150 valence electrons. The van der Waals surface area contributed by atoms with Crippen molar-refractivity contribution >= 4 is 9.84 Å². The Kier molecular flexibility index (Phi) is 4.61. The van der Waals surface area contributed by atoms with E-state index in [-0.39, 0.29) is 10.7 Å². The van der Waals surface area contributed by atoms with E-state index in [1.807, 2.05) is 6.92 Å². The lowest BCUT2D eigenvalue weighted by molar-refractivity contribution is -0.141. The Bertz CT molecular complexity index is 655. The molecule has 3 heteroatoms. The molecule has 0 aromatic rings. The minimum absolute atomic E-state index is 0.0655. The monoisotopic (exact) mass is 380 g/mol. The van der Waals surface area contributed by atoms with Crippen LogP contribution >= 0.6 is 0 Å². The third-order valence-corrected chi connectivity index (χ3v) is 12.2. The fourth-order valence-corrected chi connectivity index (χ4v) is 10.2.